The van der Waals surface area contributed by atoms with Gasteiger partial charge in [0.15, 0.2) is 0 Å². The zero-order valence-corrected chi connectivity index (χ0v) is 8.73. The molecule has 1 N–H and O–H groups in total. The lowest BCUT2D eigenvalue weighted by molar-refractivity contribution is 0.415. The number of fused-ring (bicyclic) bond motifs is 3. The van der Waals surface area contributed by atoms with Crippen molar-refractivity contribution in [3.63, 3.8) is 0 Å². The second kappa shape index (κ2) is 3.17. The maximum absolute atomic E-state index is 9.46. The number of rotatable bonds is 1. The Bertz CT molecular complexity index is 667. The number of methoxy groups -OCH3 is 1. The highest BCUT2D eigenvalue weighted by Gasteiger charge is 2.08. The summed E-state index contributed by atoms with van der Waals surface area (Å²) in [6.07, 6.45) is 0. The summed E-state index contributed by atoms with van der Waals surface area (Å²) in [6, 6.07) is 10.7. The third kappa shape index (κ3) is 1.21. The van der Waals surface area contributed by atoms with Gasteiger partial charge in [-0.3, -0.25) is 0 Å². The van der Waals surface area contributed by atoms with Crippen LogP contribution in [0.25, 0.3) is 21.9 Å². The molecule has 0 bridgehead atoms. The van der Waals surface area contributed by atoms with Crippen molar-refractivity contribution in [2.24, 2.45) is 0 Å². The van der Waals surface area contributed by atoms with Gasteiger partial charge in [0.05, 0.1) is 7.11 Å². The Hall–Kier alpha value is -2.16. The Labute approximate surface area is 91.9 Å². The van der Waals surface area contributed by atoms with Crippen LogP contribution in [0.2, 0.25) is 0 Å². The van der Waals surface area contributed by atoms with Gasteiger partial charge >= 0.3 is 0 Å². The maximum Gasteiger partial charge on any atom is 0.135 e. The van der Waals surface area contributed by atoms with Gasteiger partial charge in [0, 0.05) is 10.8 Å². The van der Waals surface area contributed by atoms with Gasteiger partial charge < -0.3 is 14.3 Å². The molecule has 3 heteroatoms. The first kappa shape index (κ1) is 9.09. The molecule has 0 aliphatic rings. The predicted molar refractivity (Wildman–Crippen MR) is 61.9 cm³/mol. The van der Waals surface area contributed by atoms with Crippen LogP contribution in [0.5, 0.6) is 11.5 Å². The lowest BCUT2D eigenvalue weighted by Gasteiger charge is -1.97. The van der Waals surface area contributed by atoms with Crippen molar-refractivity contribution in [1.82, 2.24) is 0 Å². The monoisotopic (exact) mass is 214 g/mol. The highest BCUT2D eigenvalue weighted by atomic mass is 16.5. The number of phenolic OH excluding ortho intramolecular Hbond substituents is 1. The van der Waals surface area contributed by atoms with Crippen LogP contribution in [-0.2, 0) is 0 Å². The molecular weight excluding hydrogens is 204 g/mol. The van der Waals surface area contributed by atoms with Gasteiger partial charge in [-0.2, -0.15) is 0 Å². The molecule has 1 heterocycles. The Morgan fingerprint density at radius 2 is 1.69 bits per heavy atom. The van der Waals surface area contributed by atoms with Crippen LogP contribution in [0.3, 0.4) is 0 Å². The van der Waals surface area contributed by atoms with Gasteiger partial charge in [0.25, 0.3) is 0 Å². The van der Waals surface area contributed by atoms with Gasteiger partial charge in [0.1, 0.15) is 22.7 Å². The van der Waals surface area contributed by atoms with E-state index in [1.54, 1.807) is 25.3 Å². The molecule has 3 nitrogen and oxygen atoms in total. The molecule has 0 radical (unpaired) electrons. The SMILES string of the molecule is COc1ccc2oc3ccc(O)cc3c2c1. The number of furan rings is 1. The summed E-state index contributed by atoms with van der Waals surface area (Å²) < 4.78 is 10.8. The minimum Gasteiger partial charge on any atom is -0.508 e. The normalized spacial score (nSPS) is 11.1. The summed E-state index contributed by atoms with van der Waals surface area (Å²) in [4.78, 5) is 0. The van der Waals surface area contributed by atoms with Crippen molar-refractivity contribution in [2.75, 3.05) is 7.11 Å². The Morgan fingerprint density at radius 3 is 2.44 bits per heavy atom. The summed E-state index contributed by atoms with van der Waals surface area (Å²) >= 11 is 0. The average Bonchev–Trinajstić information content (AvgIpc) is 2.66. The molecule has 0 unspecified atom stereocenters. The molecule has 0 amide bonds. The standard InChI is InChI=1S/C13H10O3/c1-15-9-3-5-13-11(7-9)10-6-8(14)2-4-12(10)16-13/h2-7,14H,1H3. The number of hydrogen-bond acceptors (Lipinski definition) is 3. The van der Waals surface area contributed by atoms with E-state index in [2.05, 4.69) is 0 Å². The molecule has 3 aromatic rings. The van der Waals surface area contributed by atoms with Crippen LogP contribution in [-0.4, -0.2) is 12.2 Å². The second-order valence-corrected chi connectivity index (χ2v) is 3.64. The fraction of sp³-hybridized carbons (Fsp3) is 0.0769. The largest absolute Gasteiger partial charge is 0.508 e. The summed E-state index contributed by atoms with van der Waals surface area (Å²) in [5.41, 5.74) is 1.56. The molecule has 0 saturated heterocycles. The fourth-order valence-electron chi connectivity index (χ4n) is 1.87. The van der Waals surface area contributed by atoms with E-state index in [0.717, 1.165) is 27.7 Å². The van der Waals surface area contributed by atoms with Gasteiger partial charge in [-0.25, -0.2) is 0 Å². The lowest BCUT2D eigenvalue weighted by Crippen LogP contribution is -1.80. The molecule has 0 fully saturated rings. The first-order chi connectivity index (χ1) is 7.78. The van der Waals surface area contributed by atoms with E-state index >= 15 is 0 Å². The van der Waals surface area contributed by atoms with Crippen molar-refractivity contribution in [3.05, 3.63) is 36.4 Å². The van der Waals surface area contributed by atoms with Crippen molar-refractivity contribution >= 4 is 21.9 Å². The third-order valence-corrected chi connectivity index (χ3v) is 2.66. The molecule has 2 aromatic carbocycles. The van der Waals surface area contributed by atoms with E-state index in [9.17, 15) is 5.11 Å². The van der Waals surface area contributed by atoms with Crippen LogP contribution >= 0.6 is 0 Å². The van der Waals surface area contributed by atoms with Gasteiger partial charge in [-0.15, -0.1) is 0 Å². The zero-order valence-electron chi connectivity index (χ0n) is 8.73. The molecule has 80 valence electrons. The maximum atomic E-state index is 9.46. The van der Waals surface area contributed by atoms with Crippen molar-refractivity contribution in [3.8, 4) is 11.5 Å². The number of aromatic hydroxyl groups is 1. The zero-order chi connectivity index (χ0) is 11.1. The van der Waals surface area contributed by atoms with E-state index in [4.69, 9.17) is 9.15 Å². The molecule has 1 aromatic heterocycles. The molecule has 0 atom stereocenters. The quantitative estimate of drug-likeness (QED) is 0.675. The Kier molecular flexibility index (Phi) is 1.80. The number of ether oxygens (including phenoxy) is 1. The van der Waals surface area contributed by atoms with Crippen LogP contribution < -0.4 is 4.74 Å². The van der Waals surface area contributed by atoms with E-state index in [1.807, 2.05) is 18.2 Å². The molecule has 0 saturated carbocycles. The van der Waals surface area contributed by atoms with Crippen molar-refractivity contribution in [1.29, 1.82) is 0 Å². The Balaban J connectivity index is 2.44. The summed E-state index contributed by atoms with van der Waals surface area (Å²) in [6.45, 7) is 0. The van der Waals surface area contributed by atoms with Crippen molar-refractivity contribution < 1.29 is 14.3 Å². The summed E-state index contributed by atoms with van der Waals surface area (Å²) in [7, 11) is 1.63. The summed E-state index contributed by atoms with van der Waals surface area (Å²) in [5.74, 6) is 1.01. The minimum absolute atomic E-state index is 0.234. The summed E-state index contributed by atoms with van der Waals surface area (Å²) in [5, 5.41) is 11.3. The number of hydrogen-bond donors (Lipinski definition) is 1. The molecular formula is C13H10O3. The first-order valence-electron chi connectivity index (χ1n) is 4.97. The second-order valence-electron chi connectivity index (χ2n) is 3.64. The highest BCUT2D eigenvalue weighted by molar-refractivity contribution is 6.05. The van der Waals surface area contributed by atoms with E-state index in [1.165, 1.54) is 0 Å². The van der Waals surface area contributed by atoms with Crippen molar-refractivity contribution in [2.45, 2.75) is 0 Å². The molecule has 0 spiro atoms. The topological polar surface area (TPSA) is 42.6 Å². The van der Waals surface area contributed by atoms with Gasteiger partial charge in [0.2, 0.25) is 0 Å². The third-order valence-electron chi connectivity index (χ3n) is 2.66. The van der Waals surface area contributed by atoms with E-state index in [-0.39, 0.29) is 5.75 Å². The first-order valence-corrected chi connectivity index (χ1v) is 4.97. The minimum atomic E-state index is 0.234. The van der Waals surface area contributed by atoms with E-state index < -0.39 is 0 Å². The van der Waals surface area contributed by atoms with E-state index in [0.29, 0.717) is 0 Å². The molecule has 0 aliphatic heterocycles. The molecule has 16 heavy (non-hydrogen) atoms. The van der Waals surface area contributed by atoms with Gasteiger partial charge in [-0.05, 0) is 36.4 Å². The smallest absolute Gasteiger partial charge is 0.135 e. The number of phenols is 1. The molecule has 3 rings (SSSR count). The highest BCUT2D eigenvalue weighted by Crippen LogP contribution is 2.33. The lowest BCUT2D eigenvalue weighted by atomic mass is 10.1. The van der Waals surface area contributed by atoms with Crippen LogP contribution in [0, 0.1) is 0 Å². The predicted octanol–water partition coefficient (Wildman–Crippen LogP) is 3.30. The van der Waals surface area contributed by atoms with Crippen LogP contribution in [0.15, 0.2) is 40.8 Å². The van der Waals surface area contributed by atoms with Crippen LogP contribution in [0.4, 0.5) is 0 Å². The van der Waals surface area contributed by atoms with Gasteiger partial charge in [-0.1, -0.05) is 0 Å². The Morgan fingerprint density at radius 1 is 1.00 bits per heavy atom. The average molecular weight is 214 g/mol. The fourth-order valence-corrected chi connectivity index (χ4v) is 1.87. The molecule has 0 aliphatic carbocycles. The van der Waals surface area contributed by atoms with Crippen LogP contribution in [0.1, 0.15) is 0 Å². The number of benzene rings is 2.